The number of fused-ring (bicyclic) bond motifs is 1. The van der Waals surface area contributed by atoms with Crippen LogP contribution in [-0.4, -0.2) is 13.4 Å². The highest BCUT2D eigenvalue weighted by Crippen LogP contribution is 2.26. The summed E-state index contributed by atoms with van der Waals surface area (Å²) >= 11 is 2.20. The van der Waals surface area contributed by atoms with E-state index in [2.05, 4.69) is 32.3 Å². The SMILES string of the molecule is Cc1cc(I)ccc1NS(=O)(=O)c1cccc2cnccc12. The van der Waals surface area contributed by atoms with Crippen LogP contribution in [0.4, 0.5) is 5.69 Å². The number of hydrogen-bond donors (Lipinski definition) is 1. The molecule has 4 nitrogen and oxygen atoms in total. The molecule has 0 saturated carbocycles. The van der Waals surface area contributed by atoms with Crippen LogP contribution < -0.4 is 4.72 Å². The fourth-order valence-corrected chi connectivity index (χ4v) is 4.28. The molecule has 3 rings (SSSR count). The van der Waals surface area contributed by atoms with Crippen LogP contribution in [0, 0.1) is 10.5 Å². The predicted molar refractivity (Wildman–Crippen MR) is 96.4 cm³/mol. The average molecular weight is 424 g/mol. The molecule has 0 amide bonds. The molecule has 22 heavy (non-hydrogen) atoms. The van der Waals surface area contributed by atoms with E-state index in [1.54, 1.807) is 36.7 Å². The Balaban J connectivity index is 2.09. The van der Waals surface area contributed by atoms with E-state index in [1.807, 2.05) is 25.1 Å². The van der Waals surface area contributed by atoms with Gasteiger partial charge in [-0.25, -0.2) is 8.42 Å². The Hall–Kier alpha value is -1.67. The number of rotatable bonds is 3. The summed E-state index contributed by atoms with van der Waals surface area (Å²) in [5, 5.41) is 1.46. The zero-order valence-electron chi connectivity index (χ0n) is 11.7. The van der Waals surface area contributed by atoms with E-state index >= 15 is 0 Å². The predicted octanol–water partition coefficient (Wildman–Crippen LogP) is 3.95. The summed E-state index contributed by atoms with van der Waals surface area (Å²) in [7, 11) is -3.66. The van der Waals surface area contributed by atoms with E-state index in [1.165, 1.54) is 0 Å². The molecule has 0 atom stereocenters. The number of pyridine rings is 1. The number of aromatic nitrogens is 1. The highest BCUT2D eigenvalue weighted by molar-refractivity contribution is 14.1. The fraction of sp³-hybridized carbons (Fsp3) is 0.0625. The van der Waals surface area contributed by atoms with Crippen molar-refractivity contribution < 1.29 is 8.42 Å². The highest BCUT2D eigenvalue weighted by Gasteiger charge is 2.18. The molecule has 0 fully saturated rings. The minimum absolute atomic E-state index is 0.255. The maximum Gasteiger partial charge on any atom is 0.262 e. The zero-order chi connectivity index (χ0) is 15.7. The van der Waals surface area contributed by atoms with Crippen molar-refractivity contribution in [1.29, 1.82) is 0 Å². The minimum atomic E-state index is -3.66. The number of benzene rings is 2. The quantitative estimate of drug-likeness (QED) is 0.648. The molecule has 0 radical (unpaired) electrons. The Morgan fingerprint density at radius 2 is 1.95 bits per heavy atom. The van der Waals surface area contributed by atoms with Crippen LogP contribution in [0.3, 0.4) is 0 Å². The van der Waals surface area contributed by atoms with E-state index in [0.29, 0.717) is 11.1 Å². The molecule has 3 aromatic rings. The Kier molecular flexibility index (Phi) is 4.05. The Labute approximate surface area is 142 Å². The van der Waals surface area contributed by atoms with Crippen molar-refractivity contribution >= 4 is 49.1 Å². The minimum Gasteiger partial charge on any atom is -0.279 e. The summed E-state index contributed by atoms with van der Waals surface area (Å²) in [5.41, 5.74) is 1.48. The Bertz CT molecular complexity index is 950. The summed E-state index contributed by atoms with van der Waals surface area (Å²) in [6.07, 6.45) is 3.25. The maximum absolute atomic E-state index is 12.7. The topological polar surface area (TPSA) is 59.1 Å². The first-order chi connectivity index (χ1) is 10.5. The van der Waals surface area contributed by atoms with Gasteiger partial charge in [-0.3, -0.25) is 9.71 Å². The Morgan fingerprint density at radius 3 is 2.73 bits per heavy atom. The van der Waals surface area contributed by atoms with Crippen LogP contribution >= 0.6 is 22.6 Å². The van der Waals surface area contributed by atoms with Gasteiger partial charge in [0.05, 0.1) is 10.6 Å². The van der Waals surface area contributed by atoms with Gasteiger partial charge >= 0.3 is 0 Å². The average Bonchev–Trinajstić information content (AvgIpc) is 2.49. The van der Waals surface area contributed by atoms with Crippen molar-refractivity contribution in [3.8, 4) is 0 Å². The van der Waals surface area contributed by atoms with Gasteiger partial charge in [0.2, 0.25) is 0 Å². The number of hydrogen-bond acceptors (Lipinski definition) is 3. The second-order valence-electron chi connectivity index (χ2n) is 4.92. The summed E-state index contributed by atoms with van der Waals surface area (Å²) in [4.78, 5) is 4.28. The monoisotopic (exact) mass is 424 g/mol. The molecule has 0 aliphatic rings. The normalized spacial score (nSPS) is 11.5. The summed E-state index contributed by atoms with van der Waals surface area (Å²) in [6, 6.07) is 12.5. The number of anilines is 1. The molecule has 0 saturated heterocycles. The van der Waals surface area contributed by atoms with E-state index in [9.17, 15) is 8.42 Å². The lowest BCUT2D eigenvalue weighted by Crippen LogP contribution is -2.14. The lowest BCUT2D eigenvalue weighted by molar-refractivity contribution is 0.602. The highest BCUT2D eigenvalue weighted by atomic mass is 127. The fourth-order valence-electron chi connectivity index (χ4n) is 2.27. The maximum atomic E-state index is 12.7. The van der Waals surface area contributed by atoms with Crippen molar-refractivity contribution in [2.75, 3.05) is 4.72 Å². The van der Waals surface area contributed by atoms with Crippen molar-refractivity contribution in [3.63, 3.8) is 0 Å². The van der Waals surface area contributed by atoms with E-state index in [4.69, 9.17) is 0 Å². The molecule has 0 aliphatic carbocycles. The van der Waals surface area contributed by atoms with E-state index in [0.717, 1.165) is 14.5 Å². The summed E-state index contributed by atoms with van der Waals surface area (Å²) in [5.74, 6) is 0. The van der Waals surface area contributed by atoms with Gasteiger partial charge in [-0.15, -0.1) is 0 Å². The third-order valence-electron chi connectivity index (χ3n) is 3.36. The molecular formula is C16H13IN2O2S. The van der Waals surface area contributed by atoms with Crippen LogP contribution in [0.1, 0.15) is 5.56 Å². The molecule has 0 bridgehead atoms. The molecule has 1 aromatic heterocycles. The zero-order valence-corrected chi connectivity index (χ0v) is 14.7. The number of nitrogens with zero attached hydrogens (tertiary/aromatic N) is 1. The number of halogens is 1. The summed E-state index contributed by atoms with van der Waals surface area (Å²) < 4.78 is 29.2. The molecule has 6 heteroatoms. The van der Waals surface area contributed by atoms with E-state index in [-0.39, 0.29) is 4.90 Å². The van der Waals surface area contributed by atoms with Gasteiger partial charge in [-0.2, -0.15) is 0 Å². The van der Waals surface area contributed by atoms with E-state index < -0.39 is 10.0 Å². The smallest absolute Gasteiger partial charge is 0.262 e. The van der Waals surface area contributed by atoms with Crippen LogP contribution in [0.2, 0.25) is 0 Å². The van der Waals surface area contributed by atoms with Crippen molar-refractivity contribution in [2.24, 2.45) is 0 Å². The van der Waals surface area contributed by atoms with Gasteiger partial charge in [0.15, 0.2) is 0 Å². The van der Waals surface area contributed by atoms with Crippen LogP contribution in [-0.2, 0) is 10.0 Å². The number of aryl methyl sites for hydroxylation is 1. The lowest BCUT2D eigenvalue weighted by atomic mass is 10.2. The molecule has 0 spiro atoms. The lowest BCUT2D eigenvalue weighted by Gasteiger charge is -2.12. The molecule has 0 unspecified atom stereocenters. The van der Waals surface area contributed by atoms with Crippen molar-refractivity contribution in [3.05, 3.63) is 64.0 Å². The summed E-state index contributed by atoms with van der Waals surface area (Å²) in [6.45, 7) is 1.88. The third-order valence-corrected chi connectivity index (χ3v) is 5.46. The number of nitrogens with one attached hydrogen (secondary N) is 1. The first-order valence-corrected chi connectivity index (χ1v) is 9.15. The first kappa shape index (κ1) is 15.2. The molecule has 0 aliphatic heterocycles. The third kappa shape index (κ3) is 2.93. The second-order valence-corrected chi connectivity index (χ2v) is 7.81. The van der Waals surface area contributed by atoms with Gasteiger partial charge in [0, 0.05) is 26.7 Å². The second kappa shape index (κ2) is 5.85. The van der Waals surface area contributed by atoms with Crippen LogP contribution in [0.5, 0.6) is 0 Å². The van der Waals surface area contributed by atoms with Crippen molar-refractivity contribution in [2.45, 2.75) is 11.8 Å². The van der Waals surface area contributed by atoms with Gasteiger partial charge in [-0.05, 0) is 65.4 Å². The molecule has 112 valence electrons. The molecule has 2 aromatic carbocycles. The standard InChI is InChI=1S/C16H13IN2O2S/c1-11-9-13(17)5-6-15(11)19-22(20,21)16-4-2-3-12-10-18-8-7-14(12)16/h2-10,19H,1H3. The molecular weight excluding hydrogens is 411 g/mol. The van der Waals surface area contributed by atoms with Crippen LogP contribution in [0.25, 0.3) is 10.8 Å². The molecule has 1 N–H and O–H groups in total. The Morgan fingerprint density at radius 1 is 1.14 bits per heavy atom. The molecule has 1 heterocycles. The first-order valence-electron chi connectivity index (χ1n) is 6.59. The largest absolute Gasteiger partial charge is 0.279 e. The van der Waals surface area contributed by atoms with Gasteiger partial charge in [0.25, 0.3) is 10.0 Å². The van der Waals surface area contributed by atoms with Gasteiger partial charge in [-0.1, -0.05) is 12.1 Å². The van der Waals surface area contributed by atoms with Crippen LogP contribution in [0.15, 0.2) is 59.8 Å². The van der Waals surface area contributed by atoms with Gasteiger partial charge < -0.3 is 0 Å². The number of sulfonamides is 1. The van der Waals surface area contributed by atoms with Gasteiger partial charge in [0.1, 0.15) is 0 Å². The van der Waals surface area contributed by atoms with Crippen molar-refractivity contribution in [1.82, 2.24) is 4.98 Å².